The van der Waals surface area contributed by atoms with E-state index in [9.17, 15) is 8.78 Å². The fourth-order valence-corrected chi connectivity index (χ4v) is 2.40. The third-order valence-corrected chi connectivity index (χ3v) is 3.59. The molecule has 0 aromatic carbocycles. The van der Waals surface area contributed by atoms with Gasteiger partial charge in [-0.05, 0) is 31.2 Å². The lowest BCUT2D eigenvalue weighted by molar-refractivity contribution is -0.0421. The Labute approximate surface area is 91.6 Å². The van der Waals surface area contributed by atoms with Crippen LogP contribution in [0.4, 0.5) is 8.78 Å². The van der Waals surface area contributed by atoms with E-state index in [-0.39, 0.29) is 30.2 Å². The van der Waals surface area contributed by atoms with Gasteiger partial charge in [-0.25, -0.2) is 8.78 Å². The average Bonchev–Trinajstić information content (AvgIpc) is 2.22. The van der Waals surface area contributed by atoms with Crippen molar-refractivity contribution in [1.82, 2.24) is 5.32 Å². The van der Waals surface area contributed by atoms with Crippen molar-refractivity contribution in [2.45, 2.75) is 58.4 Å². The summed E-state index contributed by atoms with van der Waals surface area (Å²) in [6.07, 6.45) is 1.82. The standard InChI is InChI=1S/C12H23F2N/c1-11(2,3)9-5-6-10(15-4)8-12(13,14)7-9/h9-10,15H,5-8H2,1-4H3. The zero-order valence-electron chi connectivity index (χ0n) is 10.2. The molecule has 2 atom stereocenters. The van der Waals surface area contributed by atoms with Crippen molar-refractivity contribution in [1.29, 1.82) is 0 Å². The van der Waals surface area contributed by atoms with Gasteiger partial charge in [-0.1, -0.05) is 20.8 Å². The summed E-state index contributed by atoms with van der Waals surface area (Å²) in [7, 11) is 1.78. The van der Waals surface area contributed by atoms with E-state index in [0.29, 0.717) is 0 Å². The summed E-state index contributed by atoms with van der Waals surface area (Å²) in [4.78, 5) is 0. The number of rotatable bonds is 1. The van der Waals surface area contributed by atoms with Gasteiger partial charge >= 0.3 is 0 Å². The minimum Gasteiger partial charge on any atom is -0.317 e. The van der Waals surface area contributed by atoms with Gasteiger partial charge in [0.1, 0.15) is 0 Å². The molecule has 0 saturated heterocycles. The van der Waals surface area contributed by atoms with Crippen LogP contribution >= 0.6 is 0 Å². The van der Waals surface area contributed by atoms with E-state index >= 15 is 0 Å². The van der Waals surface area contributed by atoms with E-state index in [1.165, 1.54) is 0 Å². The maximum absolute atomic E-state index is 13.6. The summed E-state index contributed by atoms with van der Waals surface area (Å²) in [5.41, 5.74) is -0.00788. The lowest BCUT2D eigenvalue weighted by Gasteiger charge is -2.31. The SMILES string of the molecule is CNC1CCC(C(C)(C)C)CC(F)(F)C1. The third kappa shape index (κ3) is 3.71. The van der Waals surface area contributed by atoms with Crippen LogP contribution in [0, 0.1) is 11.3 Å². The molecule has 3 heteroatoms. The van der Waals surface area contributed by atoms with Crippen LogP contribution < -0.4 is 5.32 Å². The lowest BCUT2D eigenvalue weighted by Crippen LogP contribution is -2.31. The Hall–Kier alpha value is -0.180. The highest BCUT2D eigenvalue weighted by Crippen LogP contribution is 2.42. The number of halogens is 2. The van der Waals surface area contributed by atoms with Crippen LogP contribution in [0.25, 0.3) is 0 Å². The second kappa shape index (κ2) is 4.36. The molecule has 0 aliphatic heterocycles. The second-order valence-electron chi connectivity index (χ2n) is 5.89. The molecule has 1 aliphatic rings. The molecule has 1 rings (SSSR count). The van der Waals surface area contributed by atoms with Gasteiger partial charge in [0.2, 0.25) is 5.92 Å². The number of hydrogen-bond donors (Lipinski definition) is 1. The maximum atomic E-state index is 13.6. The van der Waals surface area contributed by atoms with E-state index in [2.05, 4.69) is 26.1 Å². The summed E-state index contributed by atoms with van der Waals surface area (Å²) in [5, 5.41) is 2.99. The lowest BCUT2D eigenvalue weighted by atomic mass is 9.76. The van der Waals surface area contributed by atoms with Crippen molar-refractivity contribution < 1.29 is 8.78 Å². The van der Waals surface area contributed by atoms with Crippen LogP contribution in [-0.2, 0) is 0 Å². The van der Waals surface area contributed by atoms with Crippen molar-refractivity contribution in [3.05, 3.63) is 0 Å². The number of alkyl halides is 2. The average molecular weight is 219 g/mol. The first-order chi connectivity index (χ1) is 6.74. The van der Waals surface area contributed by atoms with Crippen molar-refractivity contribution >= 4 is 0 Å². The molecular weight excluding hydrogens is 196 g/mol. The van der Waals surface area contributed by atoms with Gasteiger partial charge in [-0.3, -0.25) is 0 Å². The molecule has 1 aliphatic carbocycles. The summed E-state index contributed by atoms with van der Waals surface area (Å²) in [6.45, 7) is 6.19. The normalized spacial score (nSPS) is 32.4. The molecule has 15 heavy (non-hydrogen) atoms. The molecule has 0 radical (unpaired) electrons. The van der Waals surface area contributed by atoms with Crippen LogP contribution in [-0.4, -0.2) is 19.0 Å². The van der Waals surface area contributed by atoms with Crippen molar-refractivity contribution in [3.8, 4) is 0 Å². The Morgan fingerprint density at radius 3 is 2.20 bits per heavy atom. The molecule has 1 saturated carbocycles. The minimum atomic E-state index is -2.50. The summed E-state index contributed by atoms with van der Waals surface area (Å²) < 4.78 is 27.3. The Morgan fingerprint density at radius 1 is 1.13 bits per heavy atom. The first-order valence-corrected chi connectivity index (χ1v) is 5.80. The fourth-order valence-electron chi connectivity index (χ4n) is 2.40. The van der Waals surface area contributed by atoms with Crippen LogP contribution in [0.5, 0.6) is 0 Å². The van der Waals surface area contributed by atoms with Gasteiger partial charge in [0.15, 0.2) is 0 Å². The highest BCUT2D eigenvalue weighted by molar-refractivity contribution is 4.88. The zero-order valence-corrected chi connectivity index (χ0v) is 10.2. The van der Waals surface area contributed by atoms with Crippen LogP contribution in [0.1, 0.15) is 46.5 Å². The van der Waals surface area contributed by atoms with Gasteiger partial charge in [0.25, 0.3) is 0 Å². The predicted octanol–water partition coefficient (Wildman–Crippen LogP) is 3.45. The van der Waals surface area contributed by atoms with Gasteiger partial charge in [-0.2, -0.15) is 0 Å². The van der Waals surface area contributed by atoms with E-state index in [1.54, 1.807) is 7.05 Å². The quantitative estimate of drug-likeness (QED) is 0.666. The summed E-state index contributed by atoms with van der Waals surface area (Å²) in [6, 6.07) is -0.0210. The van der Waals surface area contributed by atoms with Crippen LogP contribution in [0.15, 0.2) is 0 Å². The van der Waals surface area contributed by atoms with Gasteiger partial charge in [0, 0.05) is 18.9 Å². The van der Waals surface area contributed by atoms with Crippen molar-refractivity contribution in [2.24, 2.45) is 11.3 Å². The molecule has 2 unspecified atom stereocenters. The molecule has 1 N–H and O–H groups in total. The number of hydrogen-bond acceptors (Lipinski definition) is 1. The van der Waals surface area contributed by atoms with Gasteiger partial charge in [0.05, 0.1) is 0 Å². The Kier molecular flexibility index (Phi) is 3.75. The smallest absolute Gasteiger partial charge is 0.249 e. The van der Waals surface area contributed by atoms with E-state index < -0.39 is 5.92 Å². The molecule has 0 amide bonds. The van der Waals surface area contributed by atoms with Crippen LogP contribution in [0.3, 0.4) is 0 Å². The molecule has 1 nitrogen and oxygen atoms in total. The summed E-state index contributed by atoms with van der Waals surface area (Å²) >= 11 is 0. The van der Waals surface area contributed by atoms with E-state index in [0.717, 1.165) is 12.8 Å². The Balaban J connectivity index is 2.73. The Morgan fingerprint density at radius 2 is 1.73 bits per heavy atom. The molecule has 0 heterocycles. The van der Waals surface area contributed by atoms with Gasteiger partial charge < -0.3 is 5.32 Å². The van der Waals surface area contributed by atoms with Crippen molar-refractivity contribution in [3.63, 3.8) is 0 Å². The Bertz CT molecular complexity index is 208. The first kappa shape index (κ1) is 12.9. The fraction of sp³-hybridized carbons (Fsp3) is 1.00. The van der Waals surface area contributed by atoms with E-state index in [1.807, 2.05) is 0 Å². The topological polar surface area (TPSA) is 12.0 Å². The molecule has 90 valence electrons. The zero-order chi connectivity index (χ0) is 11.7. The van der Waals surface area contributed by atoms with Gasteiger partial charge in [-0.15, -0.1) is 0 Å². The number of nitrogens with one attached hydrogen (secondary N) is 1. The minimum absolute atomic E-state index is 0.00389. The predicted molar refractivity (Wildman–Crippen MR) is 59.2 cm³/mol. The highest BCUT2D eigenvalue weighted by Gasteiger charge is 2.41. The first-order valence-electron chi connectivity index (χ1n) is 5.80. The molecular formula is C12H23F2N. The molecule has 0 aromatic rings. The monoisotopic (exact) mass is 219 g/mol. The largest absolute Gasteiger partial charge is 0.317 e. The maximum Gasteiger partial charge on any atom is 0.249 e. The third-order valence-electron chi connectivity index (χ3n) is 3.59. The molecule has 1 fully saturated rings. The van der Waals surface area contributed by atoms with Crippen LogP contribution in [0.2, 0.25) is 0 Å². The van der Waals surface area contributed by atoms with E-state index in [4.69, 9.17) is 0 Å². The molecule has 0 spiro atoms. The van der Waals surface area contributed by atoms with Crippen molar-refractivity contribution in [2.75, 3.05) is 7.05 Å². The highest BCUT2D eigenvalue weighted by atomic mass is 19.3. The summed E-state index contributed by atoms with van der Waals surface area (Å²) in [5.74, 6) is -2.37. The second-order valence-corrected chi connectivity index (χ2v) is 5.89. The molecule has 0 bridgehead atoms. The molecule has 0 aromatic heterocycles.